The number of carbonyl (C=O) groups excluding carboxylic acids is 1. The summed E-state index contributed by atoms with van der Waals surface area (Å²) in [7, 11) is 0. The third kappa shape index (κ3) is 3.39. The largest absolute Gasteiger partial charge is 0.348 e. The number of amides is 1. The number of halogens is 2. The van der Waals surface area contributed by atoms with Crippen molar-refractivity contribution in [2.75, 3.05) is 13.1 Å². The van der Waals surface area contributed by atoms with Crippen LogP contribution in [0.5, 0.6) is 0 Å². The molecule has 1 amide bonds. The molecule has 1 heterocycles. The molecule has 1 unspecified atom stereocenters. The summed E-state index contributed by atoms with van der Waals surface area (Å²) >= 11 is 11.8. The highest BCUT2D eigenvalue weighted by Crippen LogP contribution is 2.30. The molecule has 0 radical (unpaired) electrons. The summed E-state index contributed by atoms with van der Waals surface area (Å²) in [5.41, 5.74) is -0.234. The number of hydrogen-bond donors (Lipinski definition) is 2. The molecule has 0 aliphatic carbocycles. The first-order chi connectivity index (χ1) is 9.49. The Morgan fingerprint density at radius 2 is 2.20 bits per heavy atom. The number of rotatable bonds is 3. The monoisotopic (exact) mass is 317 g/mol. The van der Waals surface area contributed by atoms with E-state index < -0.39 is 10.8 Å². The van der Waals surface area contributed by atoms with E-state index in [-0.39, 0.29) is 27.3 Å². The summed E-state index contributed by atoms with van der Waals surface area (Å²) in [5, 5.41) is 16.8. The molecule has 1 aromatic carbocycles. The second-order valence-corrected chi connectivity index (χ2v) is 5.35. The van der Waals surface area contributed by atoms with Gasteiger partial charge in [0, 0.05) is 24.7 Å². The van der Waals surface area contributed by atoms with Gasteiger partial charge >= 0.3 is 0 Å². The van der Waals surface area contributed by atoms with E-state index in [0.717, 1.165) is 31.5 Å². The zero-order valence-corrected chi connectivity index (χ0v) is 12.0. The topological polar surface area (TPSA) is 84.3 Å². The number of nitrogens with zero attached hydrogens (tertiary/aromatic N) is 1. The number of benzene rings is 1. The average Bonchev–Trinajstić information content (AvgIpc) is 2.42. The number of carbonyl (C=O) groups is 1. The van der Waals surface area contributed by atoms with Crippen LogP contribution in [-0.4, -0.2) is 30.0 Å². The molecule has 0 bridgehead atoms. The van der Waals surface area contributed by atoms with Gasteiger partial charge in [0.05, 0.1) is 20.5 Å². The van der Waals surface area contributed by atoms with Crippen molar-refractivity contribution in [2.45, 2.75) is 18.9 Å². The molecule has 8 heteroatoms. The standard InChI is InChI=1S/C12H13Cl2N3O3/c13-10-5-8(17(19)20)4-9(11(10)14)12(18)16-7-2-1-3-15-6-7/h4-5,7,15H,1-3,6H2,(H,16,18). The van der Waals surface area contributed by atoms with Crippen molar-refractivity contribution in [3.63, 3.8) is 0 Å². The normalized spacial score (nSPS) is 18.6. The van der Waals surface area contributed by atoms with Gasteiger partial charge in [-0.05, 0) is 19.4 Å². The Bertz CT molecular complexity index is 545. The molecule has 1 atom stereocenters. The first kappa shape index (κ1) is 15.0. The third-order valence-corrected chi connectivity index (χ3v) is 3.90. The first-order valence-corrected chi connectivity index (χ1v) is 6.89. The minimum Gasteiger partial charge on any atom is -0.348 e. The zero-order valence-electron chi connectivity index (χ0n) is 10.5. The Morgan fingerprint density at radius 3 is 2.80 bits per heavy atom. The lowest BCUT2D eigenvalue weighted by molar-refractivity contribution is -0.384. The van der Waals surface area contributed by atoms with Crippen LogP contribution in [-0.2, 0) is 0 Å². The lowest BCUT2D eigenvalue weighted by Crippen LogP contribution is -2.45. The SMILES string of the molecule is O=C(NC1CCCNC1)c1cc([N+](=O)[O-])cc(Cl)c1Cl. The number of nitrogens with one attached hydrogen (secondary N) is 2. The van der Waals surface area contributed by atoms with Crippen molar-refractivity contribution in [1.29, 1.82) is 0 Å². The van der Waals surface area contributed by atoms with Crippen LogP contribution in [0.15, 0.2) is 12.1 Å². The molecule has 1 aliphatic heterocycles. The molecular formula is C12H13Cl2N3O3. The maximum absolute atomic E-state index is 12.2. The number of piperidine rings is 1. The van der Waals surface area contributed by atoms with Crippen molar-refractivity contribution in [3.05, 3.63) is 37.9 Å². The van der Waals surface area contributed by atoms with Crippen LogP contribution in [0, 0.1) is 10.1 Å². The Balaban J connectivity index is 2.21. The Morgan fingerprint density at radius 1 is 1.45 bits per heavy atom. The van der Waals surface area contributed by atoms with Gasteiger partial charge in [0.25, 0.3) is 11.6 Å². The van der Waals surface area contributed by atoms with Gasteiger partial charge in [0.1, 0.15) is 0 Å². The van der Waals surface area contributed by atoms with Crippen molar-refractivity contribution in [2.24, 2.45) is 0 Å². The van der Waals surface area contributed by atoms with Gasteiger partial charge in [-0.2, -0.15) is 0 Å². The highest BCUT2D eigenvalue weighted by Gasteiger charge is 2.22. The highest BCUT2D eigenvalue weighted by molar-refractivity contribution is 6.44. The molecule has 108 valence electrons. The molecule has 0 saturated carbocycles. The number of non-ortho nitro benzene ring substituents is 1. The van der Waals surface area contributed by atoms with Gasteiger partial charge in [0.15, 0.2) is 0 Å². The van der Waals surface area contributed by atoms with Crippen LogP contribution in [0.4, 0.5) is 5.69 Å². The quantitative estimate of drug-likeness (QED) is 0.662. The van der Waals surface area contributed by atoms with Crippen LogP contribution < -0.4 is 10.6 Å². The van der Waals surface area contributed by atoms with Gasteiger partial charge < -0.3 is 10.6 Å². The molecule has 1 aliphatic rings. The summed E-state index contributed by atoms with van der Waals surface area (Å²) in [6.45, 7) is 1.60. The zero-order chi connectivity index (χ0) is 14.7. The van der Waals surface area contributed by atoms with E-state index in [1.807, 2.05) is 0 Å². The molecule has 0 aromatic heterocycles. The van der Waals surface area contributed by atoms with Crippen LogP contribution in [0.25, 0.3) is 0 Å². The van der Waals surface area contributed by atoms with E-state index in [9.17, 15) is 14.9 Å². The minimum atomic E-state index is -0.610. The molecule has 20 heavy (non-hydrogen) atoms. The molecule has 2 rings (SSSR count). The number of nitro benzene ring substituents is 1. The molecular weight excluding hydrogens is 305 g/mol. The van der Waals surface area contributed by atoms with E-state index in [4.69, 9.17) is 23.2 Å². The third-order valence-electron chi connectivity index (χ3n) is 3.10. The van der Waals surface area contributed by atoms with Crippen LogP contribution >= 0.6 is 23.2 Å². The smallest absolute Gasteiger partial charge is 0.271 e. The molecule has 1 saturated heterocycles. The van der Waals surface area contributed by atoms with Crippen molar-refractivity contribution < 1.29 is 9.72 Å². The van der Waals surface area contributed by atoms with E-state index >= 15 is 0 Å². The van der Waals surface area contributed by atoms with E-state index in [1.54, 1.807) is 0 Å². The van der Waals surface area contributed by atoms with Crippen molar-refractivity contribution in [3.8, 4) is 0 Å². The summed E-state index contributed by atoms with van der Waals surface area (Å²) in [5.74, 6) is -0.450. The second-order valence-electron chi connectivity index (χ2n) is 4.56. The highest BCUT2D eigenvalue weighted by atomic mass is 35.5. The van der Waals surface area contributed by atoms with Gasteiger partial charge in [-0.15, -0.1) is 0 Å². The summed E-state index contributed by atoms with van der Waals surface area (Å²) in [4.78, 5) is 22.3. The van der Waals surface area contributed by atoms with Gasteiger partial charge in [-0.1, -0.05) is 23.2 Å². The lowest BCUT2D eigenvalue weighted by Gasteiger charge is -2.24. The second kappa shape index (κ2) is 6.39. The fraction of sp³-hybridized carbons (Fsp3) is 0.417. The number of nitro groups is 1. The maximum atomic E-state index is 12.2. The molecule has 6 nitrogen and oxygen atoms in total. The van der Waals surface area contributed by atoms with E-state index in [1.165, 1.54) is 0 Å². The minimum absolute atomic E-state index is 0.00668. The average molecular weight is 318 g/mol. The fourth-order valence-corrected chi connectivity index (χ4v) is 2.49. The van der Waals surface area contributed by atoms with E-state index in [0.29, 0.717) is 6.54 Å². The molecule has 0 spiro atoms. The van der Waals surface area contributed by atoms with Crippen LogP contribution in [0.1, 0.15) is 23.2 Å². The van der Waals surface area contributed by atoms with Crippen molar-refractivity contribution in [1.82, 2.24) is 10.6 Å². The van der Waals surface area contributed by atoms with Crippen LogP contribution in [0.3, 0.4) is 0 Å². The number of hydrogen-bond acceptors (Lipinski definition) is 4. The maximum Gasteiger partial charge on any atom is 0.271 e. The predicted octanol–water partition coefficient (Wildman–Crippen LogP) is 2.38. The molecule has 1 fully saturated rings. The molecule has 1 aromatic rings. The Kier molecular flexibility index (Phi) is 4.80. The summed E-state index contributed by atoms with van der Waals surface area (Å²) in [6.07, 6.45) is 1.83. The van der Waals surface area contributed by atoms with Crippen molar-refractivity contribution >= 4 is 34.8 Å². The van der Waals surface area contributed by atoms with Gasteiger partial charge in [-0.3, -0.25) is 14.9 Å². The van der Waals surface area contributed by atoms with Crippen LogP contribution in [0.2, 0.25) is 10.0 Å². The Labute approximate surface area is 125 Å². The molecule has 2 N–H and O–H groups in total. The summed E-state index contributed by atoms with van der Waals surface area (Å²) < 4.78 is 0. The van der Waals surface area contributed by atoms with Gasteiger partial charge in [0.2, 0.25) is 0 Å². The van der Waals surface area contributed by atoms with Gasteiger partial charge in [-0.25, -0.2) is 0 Å². The summed E-state index contributed by atoms with van der Waals surface area (Å²) in [6, 6.07) is 2.26. The van der Waals surface area contributed by atoms with E-state index in [2.05, 4.69) is 10.6 Å². The predicted molar refractivity (Wildman–Crippen MR) is 76.5 cm³/mol. The lowest BCUT2D eigenvalue weighted by atomic mass is 10.1. The fourth-order valence-electron chi connectivity index (χ4n) is 2.08. The first-order valence-electron chi connectivity index (χ1n) is 6.14. The Hall–Kier alpha value is -1.37.